The van der Waals surface area contributed by atoms with E-state index < -0.39 is 0 Å². The number of hydrogen-bond donors (Lipinski definition) is 1. The third-order valence-electron chi connectivity index (χ3n) is 5.01. The molecule has 2 atom stereocenters. The fraction of sp³-hybridized carbons (Fsp3) is 0.364. The molecule has 3 aromatic rings. The number of amides is 1. The minimum atomic E-state index is -0.352. The van der Waals surface area contributed by atoms with Gasteiger partial charge in [-0.1, -0.05) is 6.07 Å². The number of hydrogen-bond acceptors (Lipinski definition) is 6. The third-order valence-corrected chi connectivity index (χ3v) is 6.20. The van der Waals surface area contributed by atoms with Crippen molar-refractivity contribution in [3.8, 4) is 0 Å². The lowest BCUT2D eigenvalue weighted by molar-refractivity contribution is -0.00545. The average molecular weight is 430 g/mol. The van der Waals surface area contributed by atoms with Crippen LogP contribution in [0.25, 0.3) is 10.1 Å². The molecule has 8 heteroatoms. The maximum Gasteiger partial charge on any atom is 0.266 e. The Morgan fingerprint density at radius 2 is 2.07 bits per heavy atom. The van der Waals surface area contributed by atoms with Crippen molar-refractivity contribution in [2.75, 3.05) is 30.4 Å². The number of methoxy groups -OCH3 is 1. The van der Waals surface area contributed by atoms with E-state index in [0.717, 1.165) is 23.6 Å². The lowest BCUT2D eigenvalue weighted by Crippen LogP contribution is -2.45. The second-order valence-corrected chi connectivity index (χ2v) is 8.53. The third kappa shape index (κ3) is 4.16. The highest BCUT2D eigenvalue weighted by molar-refractivity contribution is 7.21. The number of thiophene rings is 1. The van der Waals surface area contributed by atoms with Gasteiger partial charge >= 0.3 is 0 Å². The normalized spacial score (nSPS) is 19.3. The van der Waals surface area contributed by atoms with Gasteiger partial charge in [-0.25, -0.2) is 9.37 Å². The van der Waals surface area contributed by atoms with Crippen molar-refractivity contribution in [2.45, 2.75) is 32.7 Å². The molecule has 1 amide bonds. The second-order valence-electron chi connectivity index (χ2n) is 7.48. The van der Waals surface area contributed by atoms with Crippen LogP contribution in [0.1, 0.15) is 29.1 Å². The number of rotatable bonds is 5. The molecule has 1 aliphatic heterocycles. The highest BCUT2D eigenvalue weighted by Crippen LogP contribution is 2.34. The zero-order chi connectivity index (χ0) is 21.3. The van der Waals surface area contributed by atoms with Gasteiger partial charge in [0.15, 0.2) is 0 Å². The minimum absolute atomic E-state index is 0.141. The number of benzene rings is 1. The van der Waals surface area contributed by atoms with Gasteiger partial charge < -0.3 is 19.7 Å². The summed E-state index contributed by atoms with van der Waals surface area (Å²) in [5.74, 6) is 0.194. The van der Waals surface area contributed by atoms with Gasteiger partial charge in [-0.2, -0.15) is 0 Å². The van der Waals surface area contributed by atoms with Gasteiger partial charge in [-0.15, -0.1) is 11.3 Å². The summed E-state index contributed by atoms with van der Waals surface area (Å²) < 4.78 is 26.1. The Morgan fingerprint density at radius 3 is 2.73 bits per heavy atom. The van der Waals surface area contributed by atoms with Crippen LogP contribution in [-0.2, 0) is 16.1 Å². The number of morpholine rings is 1. The topological polar surface area (TPSA) is 63.7 Å². The molecule has 4 rings (SSSR count). The summed E-state index contributed by atoms with van der Waals surface area (Å²) in [7, 11) is 1.53. The van der Waals surface area contributed by atoms with Gasteiger partial charge in [0, 0.05) is 35.8 Å². The number of nitrogens with zero attached hydrogens (tertiary/aromatic N) is 2. The molecule has 3 heterocycles. The molecule has 0 spiro atoms. The highest BCUT2D eigenvalue weighted by atomic mass is 32.1. The van der Waals surface area contributed by atoms with Crippen LogP contribution in [-0.4, -0.2) is 43.3 Å². The van der Waals surface area contributed by atoms with Gasteiger partial charge in [0.25, 0.3) is 5.91 Å². The van der Waals surface area contributed by atoms with E-state index in [9.17, 15) is 9.18 Å². The standard InChI is InChI=1S/C22H24FN3O3S/c1-13-10-26(11-14(2)29-13)19-8-7-15(9-24-19)25-22(27)21-16(12-28-3)20-17(23)5-4-6-18(20)30-21/h4-9,13-14H,10-12H2,1-3H3,(H,25,27). The Labute approximate surface area is 178 Å². The van der Waals surface area contributed by atoms with Crippen molar-refractivity contribution < 1.29 is 18.7 Å². The molecular weight excluding hydrogens is 405 g/mol. The zero-order valence-corrected chi connectivity index (χ0v) is 18.0. The maximum atomic E-state index is 14.3. The quantitative estimate of drug-likeness (QED) is 0.649. The molecule has 0 aliphatic carbocycles. The lowest BCUT2D eigenvalue weighted by Gasteiger charge is -2.36. The Kier molecular flexibility index (Phi) is 5.99. The molecule has 1 aromatic carbocycles. The molecule has 158 valence electrons. The van der Waals surface area contributed by atoms with Gasteiger partial charge in [0.05, 0.1) is 35.6 Å². The Balaban J connectivity index is 1.54. The number of ether oxygens (including phenoxy) is 2. The molecule has 0 radical (unpaired) electrons. The van der Waals surface area contributed by atoms with Gasteiger partial charge in [-0.05, 0) is 38.1 Å². The summed E-state index contributed by atoms with van der Waals surface area (Å²) in [6, 6.07) is 8.56. The monoisotopic (exact) mass is 429 g/mol. The van der Waals surface area contributed by atoms with E-state index >= 15 is 0 Å². The first-order valence-corrected chi connectivity index (χ1v) is 10.6. The van der Waals surface area contributed by atoms with Crippen LogP contribution in [0.4, 0.5) is 15.9 Å². The first-order valence-electron chi connectivity index (χ1n) is 9.83. The van der Waals surface area contributed by atoms with Gasteiger partial charge in [0.2, 0.25) is 0 Å². The molecule has 2 unspecified atom stereocenters. The maximum absolute atomic E-state index is 14.3. The number of fused-ring (bicyclic) bond motifs is 1. The van der Waals surface area contributed by atoms with Crippen molar-refractivity contribution in [1.29, 1.82) is 0 Å². The average Bonchev–Trinajstić information content (AvgIpc) is 3.08. The fourth-order valence-corrected chi connectivity index (χ4v) is 4.95. The number of halogens is 1. The predicted molar refractivity (Wildman–Crippen MR) is 117 cm³/mol. The van der Waals surface area contributed by atoms with E-state index in [4.69, 9.17) is 9.47 Å². The SMILES string of the molecule is COCc1c(C(=O)Nc2ccc(N3CC(C)OC(C)C3)nc2)sc2cccc(F)c12. The predicted octanol–water partition coefficient (Wildman–Crippen LogP) is 4.45. The minimum Gasteiger partial charge on any atom is -0.380 e. The summed E-state index contributed by atoms with van der Waals surface area (Å²) in [5, 5.41) is 3.32. The Morgan fingerprint density at radius 1 is 1.30 bits per heavy atom. The van der Waals surface area contributed by atoms with E-state index in [1.54, 1.807) is 18.3 Å². The smallest absolute Gasteiger partial charge is 0.266 e. The second kappa shape index (κ2) is 8.67. The van der Waals surface area contributed by atoms with Crippen LogP contribution in [0.3, 0.4) is 0 Å². The van der Waals surface area contributed by atoms with Crippen molar-refractivity contribution in [3.05, 3.63) is 52.8 Å². The largest absolute Gasteiger partial charge is 0.380 e. The van der Waals surface area contributed by atoms with Crippen LogP contribution in [0.5, 0.6) is 0 Å². The summed E-state index contributed by atoms with van der Waals surface area (Å²) >= 11 is 1.26. The number of anilines is 2. The first-order chi connectivity index (χ1) is 14.5. The molecule has 1 aliphatic rings. The number of nitrogens with one attached hydrogen (secondary N) is 1. The van der Waals surface area contributed by atoms with Crippen molar-refractivity contribution >= 4 is 38.8 Å². The van der Waals surface area contributed by atoms with E-state index in [-0.39, 0.29) is 30.5 Å². The molecule has 1 N–H and O–H groups in total. The number of carbonyl (C=O) groups excluding carboxylic acids is 1. The number of pyridine rings is 1. The van der Waals surface area contributed by atoms with Crippen molar-refractivity contribution in [3.63, 3.8) is 0 Å². The molecular formula is C22H24FN3O3S. The van der Waals surface area contributed by atoms with Crippen LogP contribution >= 0.6 is 11.3 Å². The van der Waals surface area contributed by atoms with Crippen molar-refractivity contribution in [1.82, 2.24) is 4.98 Å². The van der Waals surface area contributed by atoms with E-state index in [1.807, 2.05) is 26.0 Å². The summed E-state index contributed by atoms with van der Waals surface area (Å²) in [5.41, 5.74) is 1.15. The molecule has 0 bridgehead atoms. The molecule has 1 saturated heterocycles. The van der Waals surface area contributed by atoms with Gasteiger partial charge in [0.1, 0.15) is 11.6 Å². The summed E-state index contributed by atoms with van der Waals surface area (Å²) in [6.07, 6.45) is 1.92. The zero-order valence-electron chi connectivity index (χ0n) is 17.1. The molecule has 30 heavy (non-hydrogen) atoms. The lowest BCUT2D eigenvalue weighted by atomic mass is 10.1. The van der Waals surface area contributed by atoms with Crippen LogP contribution in [0.2, 0.25) is 0 Å². The Hall–Kier alpha value is -2.55. The van der Waals surface area contributed by atoms with E-state index in [0.29, 0.717) is 21.5 Å². The van der Waals surface area contributed by atoms with E-state index in [2.05, 4.69) is 15.2 Å². The van der Waals surface area contributed by atoms with Crippen LogP contribution in [0.15, 0.2) is 36.5 Å². The number of carbonyl (C=O) groups is 1. The summed E-state index contributed by atoms with van der Waals surface area (Å²) in [6.45, 7) is 5.80. The van der Waals surface area contributed by atoms with Crippen LogP contribution in [0, 0.1) is 5.82 Å². The van der Waals surface area contributed by atoms with Gasteiger partial charge in [-0.3, -0.25) is 4.79 Å². The van der Waals surface area contributed by atoms with E-state index in [1.165, 1.54) is 24.5 Å². The van der Waals surface area contributed by atoms with Crippen molar-refractivity contribution in [2.24, 2.45) is 0 Å². The molecule has 2 aromatic heterocycles. The van der Waals surface area contributed by atoms with Crippen LogP contribution < -0.4 is 10.2 Å². The molecule has 6 nitrogen and oxygen atoms in total. The molecule has 1 fully saturated rings. The summed E-state index contributed by atoms with van der Waals surface area (Å²) in [4.78, 5) is 20.1. The first kappa shape index (κ1) is 20.7. The highest BCUT2D eigenvalue weighted by Gasteiger charge is 2.24. The Bertz CT molecular complexity index is 1040. The fourth-order valence-electron chi connectivity index (χ4n) is 3.83. The number of aromatic nitrogens is 1. The molecule has 0 saturated carbocycles.